The molecule has 6 heteroatoms. The number of hydrogen-bond acceptors (Lipinski definition) is 4. The van der Waals surface area contributed by atoms with Crippen molar-refractivity contribution in [3.8, 4) is 0 Å². The van der Waals surface area contributed by atoms with E-state index in [4.69, 9.17) is 5.73 Å². The lowest BCUT2D eigenvalue weighted by Crippen LogP contribution is -2.30. The topological polar surface area (TPSA) is 92.4 Å². The number of hydrogen-bond donors (Lipinski definition) is 3. The van der Waals surface area contributed by atoms with Gasteiger partial charge in [-0.3, -0.25) is 0 Å². The van der Waals surface area contributed by atoms with Crippen LogP contribution < -0.4 is 10.5 Å². The summed E-state index contributed by atoms with van der Waals surface area (Å²) in [6, 6.07) is 12.8. The van der Waals surface area contributed by atoms with Gasteiger partial charge < -0.3 is 10.8 Å². The first-order valence-corrected chi connectivity index (χ1v) is 7.96. The number of benzene rings is 2. The van der Waals surface area contributed by atoms with Gasteiger partial charge in [0.25, 0.3) is 0 Å². The van der Waals surface area contributed by atoms with Gasteiger partial charge in [-0.1, -0.05) is 30.3 Å². The van der Waals surface area contributed by atoms with Crippen LogP contribution in [0.2, 0.25) is 0 Å². The number of rotatable bonds is 5. The predicted molar refractivity (Wildman–Crippen MR) is 82.2 cm³/mol. The van der Waals surface area contributed by atoms with Crippen LogP contribution in [-0.4, -0.2) is 20.1 Å². The van der Waals surface area contributed by atoms with Gasteiger partial charge in [-0.2, -0.15) is 0 Å². The highest BCUT2D eigenvalue weighted by Gasteiger charge is 2.21. The number of aryl methyl sites for hydroxylation is 1. The minimum Gasteiger partial charge on any atom is -0.399 e. The normalized spacial score (nSPS) is 13.0. The molecule has 112 valence electrons. The molecule has 21 heavy (non-hydrogen) atoms. The highest BCUT2D eigenvalue weighted by Crippen LogP contribution is 2.20. The van der Waals surface area contributed by atoms with E-state index in [9.17, 15) is 13.5 Å². The van der Waals surface area contributed by atoms with Gasteiger partial charge in [0.2, 0.25) is 10.0 Å². The second kappa shape index (κ2) is 6.26. The van der Waals surface area contributed by atoms with Crippen molar-refractivity contribution >= 4 is 15.7 Å². The van der Waals surface area contributed by atoms with Crippen molar-refractivity contribution in [1.29, 1.82) is 0 Å². The van der Waals surface area contributed by atoms with Crippen molar-refractivity contribution < 1.29 is 13.5 Å². The minimum atomic E-state index is -3.72. The Kier molecular flexibility index (Phi) is 4.62. The summed E-state index contributed by atoms with van der Waals surface area (Å²) in [6.07, 6.45) is 0. The van der Waals surface area contributed by atoms with Crippen LogP contribution in [-0.2, 0) is 10.0 Å². The molecule has 0 heterocycles. The van der Waals surface area contributed by atoms with Crippen LogP contribution in [0.5, 0.6) is 0 Å². The smallest absolute Gasteiger partial charge is 0.241 e. The molecule has 0 aliphatic carbocycles. The van der Waals surface area contributed by atoms with Crippen LogP contribution in [0.15, 0.2) is 53.4 Å². The van der Waals surface area contributed by atoms with Crippen molar-refractivity contribution in [1.82, 2.24) is 4.72 Å². The molecular weight excluding hydrogens is 288 g/mol. The van der Waals surface area contributed by atoms with Gasteiger partial charge in [-0.15, -0.1) is 0 Å². The molecule has 0 aliphatic heterocycles. The van der Waals surface area contributed by atoms with Crippen LogP contribution in [0.4, 0.5) is 5.69 Å². The van der Waals surface area contributed by atoms with Crippen molar-refractivity contribution in [3.63, 3.8) is 0 Å². The Morgan fingerprint density at radius 1 is 1.19 bits per heavy atom. The molecule has 0 fully saturated rings. The molecule has 0 saturated carbocycles. The van der Waals surface area contributed by atoms with Gasteiger partial charge in [-0.05, 0) is 36.2 Å². The highest BCUT2D eigenvalue weighted by molar-refractivity contribution is 7.89. The van der Waals surface area contributed by atoms with E-state index in [1.807, 2.05) is 6.07 Å². The summed E-state index contributed by atoms with van der Waals surface area (Å²) in [7, 11) is -3.72. The van der Waals surface area contributed by atoms with E-state index >= 15 is 0 Å². The molecule has 2 aromatic carbocycles. The summed E-state index contributed by atoms with van der Waals surface area (Å²) in [6.45, 7) is 1.42. The Balaban J connectivity index is 2.29. The SMILES string of the molecule is Cc1cc(S(=O)(=O)N[C@H](CO)c2ccccc2)ccc1N. The summed E-state index contributed by atoms with van der Waals surface area (Å²) >= 11 is 0. The molecule has 0 saturated heterocycles. The van der Waals surface area contributed by atoms with Gasteiger partial charge >= 0.3 is 0 Å². The van der Waals surface area contributed by atoms with Crippen molar-refractivity contribution in [2.75, 3.05) is 12.3 Å². The van der Waals surface area contributed by atoms with Crippen molar-refractivity contribution in [3.05, 3.63) is 59.7 Å². The predicted octanol–water partition coefficient (Wildman–Crippen LogP) is 1.59. The summed E-state index contributed by atoms with van der Waals surface area (Å²) < 4.78 is 27.3. The van der Waals surface area contributed by atoms with E-state index in [-0.39, 0.29) is 11.5 Å². The lowest BCUT2D eigenvalue weighted by molar-refractivity contribution is 0.259. The fourth-order valence-electron chi connectivity index (χ4n) is 1.97. The molecule has 0 aromatic heterocycles. The summed E-state index contributed by atoms with van der Waals surface area (Å²) in [5, 5.41) is 9.44. The zero-order valence-corrected chi connectivity index (χ0v) is 12.5. The third-order valence-electron chi connectivity index (χ3n) is 3.23. The van der Waals surface area contributed by atoms with Crippen molar-refractivity contribution in [2.45, 2.75) is 17.9 Å². The lowest BCUT2D eigenvalue weighted by Gasteiger charge is -2.17. The van der Waals surface area contributed by atoms with E-state index in [0.29, 0.717) is 16.8 Å². The highest BCUT2D eigenvalue weighted by atomic mass is 32.2. The summed E-state index contributed by atoms with van der Waals surface area (Å²) in [5.41, 5.74) is 7.63. The first kappa shape index (κ1) is 15.5. The van der Waals surface area contributed by atoms with Gasteiger partial charge in [0.15, 0.2) is 0 Å². The van der Waals surface area contributed by atoms with Crippen LogP contribution in [0, 0.1) is 6.92 Å². The first-order valence-electron chi connectivity index (χ1n) is 6.48. The molecular formula is C15H18N2O3S. The molecule has 0 aliphatic rings. The molecule has 2 aromatic rings. The number of anilines is 1. The number of nitrogens with two attached hydrogens (primary N) is 1. The molecule has 0 unspecified atom stereocenters. The van der Waals surface area contributed by atoms with Gasteiger partial charge in [0, 0.05) is 5.69 Å². The van der Waals surface area contributed by atoms with Crippen LogP contribution >= 0.6 is 0 Å². The number of aliphatic hydroxyl groups is 1. The molecule has 1 atom stereocenters. The third kappa shape index (κ3) is 3.60. The largest absolute Gasteiger partial charge is 0.399 e. The second-order valence-corrected chi connectivity index (χ2v) is 6.50. The summed E-state index contributed by atoms with van der Waals surface area (Å²) in [4.78, 5) is 0.128. The fraction of sp³-hybridized carbons (Fsp3) is 0.200. The first-order chi connectivity index (χ1) is 9.94. The Labute approximate surface area is 124 Å². The zero-order valence-electron chi connectivity index (χ0n) is 11.7. The Morgan fingerprint density at radius 2 is 1.86 bits per heavy atom. The quantitative estimate of drug-likeness (QED) is 0.731. The maximum atomic E-state index is 12.4. The number of aliphatic hydroxyl groups excluding tert-OH is 1. The van der Waals surface area contributed by atoms with Gasteiger partial charge in [0.05, 0.1) is 17.5 Å². The average Bonchev–Trinajstić information content (AvgIpc) is 2.48. The molecule has 5 nitrogen and oxygen atoms in total. The van der Waals surface area contributed by atoms with E-state index in [1.165, 1.54) is 12.1 Å². The Bertz CT molecular complexity index is 715. The van der Waals surface area contributed by atoms with E-state index in [1.54, 1.807) is 37.3 Å². The van der Waals surface area contributed by atoms with E-state index in [2.05, 4.69) is 4.72 Å². The number of sulfonamides is 1. The van der Waals surface area contributed by atoms with E-state index in [0.717, 1.165) is 0 Å². The number of nitrogen functional groups attached to an aromatic ring is 1. The minimum absolute atomic E-state index is 0.128. The lowest BCUT2D eigenvalue weighted by atomic mass is 10.1. The zero-order chi connectivity index (χ0) is 15.5. The maximum absolute atomic E-state index is 12.4. The van der Waals surface area contributed by atoms with Crippen LogP contribution in [0.1, 0.15) is 17.2 Å². The van der Waals surface area contributed by atoms with Crippen LogP contribution in [0.25, 0.3) is 0 Å². The monoisotopic (exact) mass is 306 g/mol. The molecule has 2 rings (SSSR count). The standard InChI is InChI=1S/C15H18N2O3S/c1-11-9-13(7-8-14(11)16)21(19,20)17-15(10-18)12-5-3-2-4-6-12/h2-9,15,17-18H,10,16H2,1H3/t15-/m1/s1. The van der Waals surface area contributed by atoms with Crippen molar-refractivity contribution in [2.24, 2.45) is 0 Å². The third-order valence-corrected chi connectivity index (χ3v) is 4.70. The molecule has 0 amide bonds. The maximum Gasteiger partial charge on any atom is 0.241 e. The Hall–Kier alpha value is -1.89. The Morgan fingerprint density at radius 3 is 2.43 bits per heavy atom. The molecule has 0 bridgehead atoms. The number of nitrogens with one attached hydrogen (secondary N) is 1. The van der Waals surface area contributed by atoms with Gasteiger partial charge in [0.1, 0.15) is 0 Å². The molecule has 4 N–H and O–H groups in total. The molecule has 0 spiro atoms. The van der Waals surface area contributed by atoms with Crippen LogP contribution in [0.3, 0.4) is 0 Å². The molecule has 0 radical (unpaired) electrons. The van der Waals surface area contributed by atoms with E-state index < -0.39 is 16.1 Å². The average molecular weight is 306 g/mol. The second-order valence-electron chi connectivity index (χ2n) is 4.79. The summed E-state index contributed by atoms with van der Waals surface area (Å²) in [5.74, 6) is 0. The van der Waals surface area contributed by atoms with Gasteiger partial charge in [-0.25, -0.2) is 13.1 Å². The fourth-order valence-corrected chi connectivity index (χ4v) is 3.27.